The third kappa shape index (κ3) is 6.85. The van der Waals surface area contributed by atoms with Gasteiger partial charge in [-0.2, -0.15) is 4.98 Å². The summed E-state index contributed by atoms with van der Waals surface area (Å²) < 4.78 is 46.9. The highest BCUT2D eigenvalue weighted by Crippen LogP contribution is 2.37. The van der Waals surface area contributed by atoms with Crippen molar-refractivity contribution in [3.05, 3.63) is 75.4 Å². The highest BCUT2D eigenvalue weighted by Gasteiger charge is 2.36. The molecular formula is C34H39ClFN5O5S. The standard InChI is InChI=1S/C34H39ClFN5O5S/c1-19(2)24-15-22(47(8,44)45)13-14-28(24)41-31-25(16-26(35)29(37-31)23-11-9-10-12-27(23)36)30(38-32(41)42)39-17-21(4)40(18-20(39)3)33(43)46-34(5,6)7/h9-16,19-21H,17-18H2,1-8H3/t20-,21+/m0/s1. The average molecular weight is 684 g/mol. The fourth-order valence-electron chi connectivity index (χ4n) is 5.81. The number of carbonyl (C=O) groups excluding carboxylic acids is 1. The number of ether oxygens (including phenoxy) is 1. The number of rotatable bonds is 5. The predicted molar refractivity (Wildman–Crippen MR) is 182 cm³/mol. The van der Waals surface area contributed by atoms with Crippen molar-refractivity contribution in [2.45, 2.75) is 77.0 Å². The minimum atomic E-state index is -3.54. The fraction of sp³-hybridized carbons (Fsp3) is 0.412. The van der Waals surface area contributed by atoms with E-state index in [1.807, 2.05) is 53.4 Å². The molecule has 1 amide bonds. The molecule has 250 valence electrons. The highest BCUT2D eigenvalue weighted by molar-refractivity contribution is 7.90. The zero-order chi connectivity index (χ0) is 34.6. The molecule has 0 bridgehead atoms. The van der Waals surface area contributed by atoms with Crippen LogP contribution in [0.25, 0.3) is 28.0 Å². The maximum atomic E-state index is 15.1. The van der Waals surface area contributed by atoms with Gasteiger partial charge in [0.1, 0.15) is 17.2 Å². The van der Waals surface area contributed by atoms with E-state index in [1.54, 1.807) is 41.3 Å². The van der Waals surface area contributed by atoms with E-state index in [9.17, 15) is 18.0 Å². The molecule has 1 aliphatic rings. The predicted octanol–water partition coefficient (Wildman–Crippen LogP) is 6.60. The first-order valence-corrected chi connectivity index (χ1v) is 17.6. The molecular weight excluding hydrogens is 645 g/mol. The molecule has 4 aromatic rings. The first kappa shape index (κ1) is 34.3. The van der Waals surface area contributed by atoms with Crippen molar-refractivity contribution in [1.82, 2.24) is 19.4 Å². The Morgan fingerprint density at radius 3 is 2.34 bits per heavy atom. The summed E-state index contributed by atoms with van der Waals surface area (Å²) in [6.07, 6.45) is 0.696. The number of benzene rings is 2. The number of halogens is 2. The van der Waals surface area contributed by atoms with Crippen LogP contribution < -0.4 is 10.6 Å². The minimum Gasteiger partial charge on any atom is -0.444 e. The number of sulfone groups is 1. The second kappa shape index (κ2) is 12.5. The zero-order valence-electron chi connectivity index (χ0n) is 27.7. The Bertz CT molecular complexity index is 2040. The van der Waals surface area contributed by atoms with E-state index in [0.717, 1.165) is 6.26 Å². The van der Waals surface area contributed by atoms with Crippen LogP contribution in [0.5, 0.6) is 0 Å². The molecule has 10 nitrogen and oxygen atoms in total. The molecule has 0 radical (unpaired) electrons. The number of hydrogen-bond donors (Lipinski definition) is 0. The van der Waals surface area contributed by atoms with Gasteiger partial charge in [-0.05, 0) is 82.5 Å². The van der Waals surface area contributed by atoms with Crippen molar-refractivity contribution in [1.29, 1.82) is 0 Å². The third-order valence-corrected chi connectivity index (χ3v) is 9.50. The van der Waals surface area contributed by atoms with E-state index in [1.165, 1.54) is 16.7 Å². The summed E-state index contributed by atoms with van der Waals surface area (Å²) in [6, 6.07) is 11.7. The molecule has 5 rings (SSSR count). The van der Waals surface area contributed by atoms with Crippen molar-refractivity contribution < 1.29 is 22.3 Å². The lowest BCUT2D eigenvalue weighted by Crippen LogP contribution is -2.59. The molecule has 0 spiro atoms. The normalized spacial score (nSPS) is 17.4. The van der Waals surface area contributed by atoms with Crippen LogP contribution in [0.4, 0.5) is 15.0 Å². The summed E-state index contributed by atoms with van der Waals surface area (Å²) in [6.45, 7) is 13.7. The number of amides is 1. The van der Waals surface area contributed by atoms with Gasteiger partial charge in [0.05, 0.1) is 26.7 Å². The first-order valence-electron chi connectivity index (χ1n) is 15.4. The molecule has 0 unspecified atom stereocenters. The van der Waals surface area contributed by atoms with Gasteiger partial charge in [0.25, 0.3) is 0 Å². The minimum absolute atomic E-state index is 0.112. The van der Waals surface area contributed by atoms with Gasteiger partial charge in [0.2, 0.25) is 0 Å². The molecule has 3 heterocycles. The quantitative estimate of drug-likeness (QED) is 0.231. The Hall–Kier alpha value is -4.03. The Kier molecular flexibility index (Phi) is 9.15. The molecule has 1 aliphatic heterocycles. The smallest absolute Gasteiger partial charge is 0.410 e. The Morgan fingerprint density at radius 1 is 1.04 bits per heavy atom. The topological polar surface area (TPSA) is 115 Å². The van der Waals surface area contributed by atoms with Gasteiger partial charge in [-0.3, -0.25) is 0 Å². The largest absolute Gasteiger partial charge is 0.444 e. The fourth-order valence-corrected chi connectivity index (χ4v) is 6.72. The Morgan fingerprint density at radius 2 is 1.72 bits per heavy atom. The van der Waals surface area contributed by atoms with Crippen LogP contribution in [-0.4, -0.2) is 71.0 Å². The summed E-state index contributed by atoms with van der Waals surface area (Å²) in [4.78, 5) is 40.3. The van der Waals surface area contributed by atoms with E-state index < -0.39 is 33.0 Å². The molecule has 47 heavy (non-hydrogen) atoms. The van der Waals surface area contributed by atoms with Gasteiger partial charge < -0.3 is 14.5 Å². The molecule has 0 N–H and O–H groups in total. The summed E-state index contributed by atoms with van der Waals surface area (Å²) in [5, 5.41) is 0.585. The maximum Gasteiger partial charge on any atom is 0.410 e. The summed E-state index contributed by atoms with van der Waals surface area (Å²) in [5.74, 6) is -0.406. The van der Waals surface area contributed by atoms with Gasteiger partial charge in [-0.15, -0.1) is 0 Å². The zero-order valence-corrected chi connectivity index (χ0v) is 29.3. The lowest BCUT2D eigenvalue weighted by Gasteiger charge is -2.44. The van der Waals surface area contributed by atoms with Crippen molar-refractivity contribution >= 4 is 44.4 Å². The molecule has 2 aromatic heterocycles. The average Bonchev–Trinajstić information content (AvgIpc) is 2.96. The van der Waals surface area contributed by atoms with E-state index >= 15 is 4.39 Å². The van der Waals surface area contributed by atoms with Crippen molar-refractivity contribution in [3.63, 3.8) is 0 Å². The van der Waals surface area contributed by atoms with Gasteiger partial charge in [0.15, 0.2) is 15.5 Å². The lowest BCUT2D eigenvalue weighted by molar-refractivity contribution is 0.0130. The first-order chi connectivity index (χ1) is 21.9. The van der Waals surface area contributed by atoms with Crippen molar-refractivity contribution in [2.24, 2.45) is 0 Å². The van der Waals surface area contributed by atoms with Gasteiger partial charge in [-0.1, -0.05) is 37.6 Å². The number of piperazine rings is 1. The second-order valence-electron chi connectivity index (χ2n) is 13.4. The maximum absolute atomic E-state index is 15.1. The van der Waals surface area contributed by atoms with Crippen LogP contribution in [0.1, 0.15) is 59.9 Å². The van der Waals surface area contributed by atoms with E-state index in [2.05, 4.69) is 4.98 Å². The van der Waals surface area contributed by atoms with Crippen LogP contribution in [0.15, 0.2) is 58.2 Å². The molecule has 13 heteroatoms. The molecule has 2 atom stereocenters. The number of pyridine rings is 1. The van der Waals surface area contributed by atoms with Crippen LogP contribution >= 0.6 is 11.6 Å². The van der Waals surface area contributed by atoms with Crippen LogP contribution in [0.3, 0.4) is 0 Å². The molecule has 0 aliphatic carbocycles. The number of anilines is 1. The van der Waals surface area contributed by atoms with Gasteiger partial charge in [0, 0.05) is 37.0 Å². The Balaban J connectivity index is 1.76. The number of fused-ring (bicyclic) bond motifs is 1. The number of hydrogen-bond acceptors (Lipinski definition) is 8. The monoisotopic (exact) mass is 683 g/mol. The Labute approximate surface area is 279 Å². The van der Waals surface area contributed by atoms with Crippen LogP contribution in [-0.2, 0) is 14.6 Å². The van der Waals surface area contributed by atoms with Crippen LogP contribution in [0.2, 0.25) is 5.02 Å². The summed E-state index contributed by atoms with van der Waals surface area (Å²) >= 11 is 6.80. The second-order valence-corrected chi connectivity index (χ2v) is 15.8. The molecule has 0 saturated carbocycles. The summed E-state index contributed by atoms with van der Waals surface area (Å²) in [7, 11) is -3.54. The van der Waals surface area contributed by atoms with E-state index in [4.69, 9.17) is 21.3 Å². The van der Waals surface area contributed by atoms with Gasteiger partial charge in [-0.25, -0.2) is 31.9 Å². The van der Waals surface area contributed by atoms with Gasteiger partial charge >= 0.3 is 11.8 Å². The number of nitrogens with zero attached hydrogens (tertiary/aromatic N) is 5. The molecule has 1 saturated heterocycles. The van der Waals surface area contributed by atoms with Crippen LogP contribution in [0, 0.1) is 5.82 Å². The van der Waals surface area contributed by atoms with E-state index in [0.29, 0.717) is 35.5 Å². The van der Waals surface area contributed by atoms with Crippen molar-refractivity contribution in [3.8, 4) is 16.9 Å². The number of carbonyl (C=O) groups is 1. The molecule has 2 aromatic carbocycles. The van der Waals surface area contributed by atoms with E-state index in [-0.39, 0.29) is 44.8 Å². The highest BCUT2D eigenvalue weighted by atomic mass is 35.5. The number of aromatic nitrogens is 3. The lowest BCUT2D eigenvalue weighted by atomic mass is 10.0. The SMILES string of the molecule is CC(C)c1cc(S(C)(=O)=O)ccc1-n1c(=O)nc(N2C[C@@H](C)N(C(=O)OC(C)(C)C)C[C@@H]2C)c2cc(Cl)c(-c3ccccc3F)nc21. The summed E-state index contributed by atoms with van der Waals surface area (Å²) in [5.41, 5.74) is 0.122. The van der Waals surface area contributed by atoms with Crippen molar-refractivity contribution in [2.75, 3.05) is 24.2 Å². The third-order valence-electron chi connectivity index (χ3n) is 8.11. The molecule has 1 fully saturated rings.